The highest BCUT2D eigenvalue weighted by atomic mass is 35.7. The van der Waals surface area contributed by atoms with Crippen molar-refractivity contribution in [2.45, 2.75) is 123 Å². The molecule has 7 heterocycles. The minimum absolute atomic E-state index is 0. The van der Waals surface area contributed by atoms with Crippen LogP contribution in [0.15, 0.2) is 246 Å². The molecule has 4 unspecified atom stereocenters. The van der Waals surface area contributed by atoms with Gasteiger partial charge in [0.05, 0.1) is 41.8 Å². The average molecular weight is 1850 g/mol. The third-order valence-corrected chi connectivity index (χ3v) is 24.4. The van der Waals surface area contributed by atoms with Crippen LogP contribution in [-0.2, 0) is 109 Å². The maximum atomic E-state index is 12.5. The van der Waals surface area contributed by atoms with Crippen molar-refractivity contribution in [1.29, 1.82) is 0 Å². The second-order valence-corrected chi connectivity index (χ2v) is 38.9. The molecular weight excluding hydrogens is 1740 g/mol. The molecular formula is C91H110BCl2N14O15S4. The fourth-order valence-electron chi connectivity index (χ4n) is 14.5. The quantitative estimate of drug-likeness (QED) is 0.0128. The molecule has 4 atom stereocenters. The minimum atomic E-state index is -3.63. The van der Waals surface area contributed by atoms with Gasteiger partial charge < -0.3 is 56.0 Å². The molecule has 3 radical (unpaired) electrons. The summed E-state index contributed by atoms with van der Waals surface area (Å²) in [7, 11) is -0.867. The van der Waals surface area contributed by atoms with E-state index in [2.05, 4.69) is 126 Å². The molecule has 0 aliphatic carbocycles. The summed E-state index contributed by atoms with van der Waals surface area (Å²) in [6, 6.07) is 63.1. The van der Waals surface area contributed by atoms with Crippen LogP contribution in [0.25, 0.3) is 0 Å². The van der Waals surface area contributed by atoms with E-state index in [0.29, 0.717) is 61.8 Å². The maximum absolute atomic E-state index is 12.5. The van der Waals surface area contributed by atoms with Crippen LogP contribution in [0.2, 0.25) is 0 Å². The van der Waals surface area contributed by atoms with Gasteiger partial charge in [-0.25, -0.2) is 39.5 Å². The largest absolute Gasteiger partial charge is 0.492 e. The van der Waals surface area contributed by atoms with Crippen LogP contribution < -0.4 is 60.7 Å². The Labute approximate surface area is 760 Å². The number of nitrogens with one attached hydrogen (secondary N) is 7. The Morgan fingerprint density at radius 3 is 1.09 bits per heavy atom. The highest BCUT2D eigenvalue weighted by Gasteiger charge is 2.43. The van der Waals surface area contributed by atoms with E-state index in [0.717, 1.165) is 64.3 Å². The zero-order chi connectivity index (χ0) is 90.4. The Morgan fingerprint density at radius 1 is 0.472 bits per heavy atom. The zero-order valence-corrected chi connectivity index (χ0v) is 77.9. The average Bonchev–Trinajstić information content (AvgIpc) is 1.62. The Bertz CT molecular complexity index is 5880. The summed E-state index contributed by atoms with van der Waals surface area (Å²) in [5.74, 6) is 2.51. The molecule has 8 aromatic carbocycles. The van der Waals surface area contributed by atoms with Gasteiger partial charge in [-0.05, 0) is 203 Å². The second-order valence-electron chi connectivity index (χ2n) is 31.9. The lowest BCUT2D eigenvalue weighted by atomic mass is 9.86. The van der Waals surface area contributed by atoms with Gasteiger partial charge in [-0.3, -0.25) is 28.4 Å². The Morgan fingerprint density at radius 2 is 0.780 bits per heavy atom. The van der Waals surface area contributed by atoms with E-state index in [1.807, 2.05) is 156 Å². The molecule has 0 bridgehead atoms. The van der Waals surface area contributed by atoms with Gasteiger partial charge >= 0.3 is 6.09 Å². The summed E-state index contributed by atoms with van der Waals surface area (Å²) >= 11 is 1.75. The number of halogens is 2. The molecule has 0 spiro atoms. The van der Waals surface area contributed by atoms with Gasteiger partial charge in [-0.2, -0.15) is 27.1 Å². The molecule has 3 aromatic heterocycles. The predicted molar refractivity (Wildman–Crippen MR) is 496 cm³/mol. The molecule has 9 N–H and O–H groups in total. The van der Waals surface area contributed by atoms with E-state index in [1.165, 1.54) is 73.5 Å². The first-order valence-corrected chi connectivity index (χ1v) is 47.2. The minimum Gasteiger partial charge on any atom is -0.492 e. The Balaban J connectivity index is 0.000000200. The molecule has 4 aliphatic rings. The zero-order valence-electron chi connectivity index (χ0n) is 73.0. The van der Waals surface area contributed by atoms with E-state index < -0.39 is 57.4 Å². The molecule has 29 nitrogen and oxygen atoms in total. The number of alkyl carbamates (subject to hydrolysis) is 1. The number of carbonyl (C=O) groups is 4. The highest BCUT2D eigenvalue weighted by Crippen LogP contribution is 2.41. The van der Waals surface area contributed by atoms with E-state index >= 15 is 0 Å². The van der Waals surface area contributed by atoms with Gasteiger partial charge in [0.2, 0.25) is 20.0 Å². The molecule has 15 rings (SSSR count). The molecule has 11 aromatic rings. The van der Waals surface area contributed by atoms with Crippen molar-refractivity contribution in [3.63, 3.8) is 0 Å². The summed E-state index contributed by atoms with van der Waals surface area (Å²) in [5, 5.41) is 27.0. The summed E-state index contributed by atoms with van der Waals surface area (Å²) in [6.45, 7) is 16.8. The summed E-state index contributed by atoms with van der Waals surface area (Å²) < 4.78 is 108. The van der Waals surface area contributed by atoms with Gasteiger partial charge in [0.25, 0.3) is 26.8 Å². The lowest BCUT2D eigenvalue weighted by Gasteiger charge is -2.26. The number of sulfonamides is 2. The van der Waals surface area contributed by atoms with Crippen molar-refractivity contribution >= 4 is 96.2 Å². The molecule has 0 saturated carbocycles. The molecule has 127 heavy (non-hydrogen) atoms. The number of aromatic nitrogens is 6. The topological polar surface area (TPSA) is 381 Å². The number of aryl methyl sites for hydroxylation is 3. The molecule has 0 fully saturated rings. The van der Waals surface area contributed by atoms with Crippen LogP contribution >= 0.6 is 34.9 Å². The number of thioether (sulfide) groups is 1. The van der Waals surface area contributed by atoms with Crippen molar-refractivity contribution in [2.24, 2.45) is 26.9 Å². The highest BCUT2D eigenvalue weighted by molar-refractivity contribution is 8.13. The number of ether oxygens (including phenoxy) is 5. The lowest BCUT2D eigenvalue weighted by Crippen LogP contribution is -2.38. The summed E-state index contributed by atoms with van der Waals surface area (Å²) in [6.07, 6.45) is 14.6. The standard InChI is InChI=1S/C23H28N2O4.C22H24N4O4S.C22H26N4O3S.C18H20N2O2.C4H5ClN2O2S.C2H6S.B.ClH/c1-22(2,3)29-21(27)24-12-13-28-17-10-11-18-19(14-17)23(4,25-20(18)26)15-16-8-6-5-7-9-16;1-22(13-16-6-4-3-5-7-16)20-12-17(8-9-19(20)21(27)25-22)30-11-10-24-31(28,29)18-14-23-26(2)15-18;1-22(13-17-6-4-3-5-7-17)21-12-19(9-8-18(21)14-23-22)29-11-10-25-30(27,28)20-15-24-26(2)16-20;1-18(12-13-5-3-2-4-6-13)16-11-14(22-10-9-19)7-8-15(16)17(21)20-18;1-7-3-4(2-6-7)10(5,8)9;1-3-2;;/h5-11,14H,12-13,15H2,1-4H3,(H,24,27)(H,25,26);3-9,12,14-15,24H,10-11,13H2,1-2H3,(H,25,27);3-9,12,15-16,23,25H,10-11,13-14H2,1-2H3;2-8,11H,9-10,12,19H2,1H3,(H,20,21);2-3H,1H3;1-2H3;;1H. The Kier molecular flexibility index (Phi) is 36.0. The van der Waals surface area contributed by atoms with Crippen molar-refractivity contribution in [3.8, 4) is 23.0 Å². The number of nitrogens with two attached hydrogens (primary N) is 1. The third-order valence-electron chi connectivity index (χ3n) is 20.3. The van der Waals surface area contributed by atoms with E-state index in [9.17, 15) is 44.4 Å². The number of fused-ring (bicyclic) bond motifs is 4. The van der Waals surface area contributed by atoms with E-state index in [-0.39, 0.29) is 85.1 Å². The van der Waals surface area contributed by atoms with Gasteiger partial charge in [0, 0.05) is 107 Å². The van der Waals surface area contributed by atoms with Crippen LogP contribution in [-0.4, -0.2) is 158 Å². The van der Waals surface area contributed by atoms with Crippen LogP contribution in [0.4, 0.5) is 4.79 Å². The van der Waals surface area contributed by atoms with Crippen LogP contribution in [0.3, 0.4) is 0 Å². The van der Waals surface area contributed by atoms with E-state index in [1.54, 1.807) is 57.2 Å². The SMILES string of the molecule is CC(C)(C)OC(=O)NCCOc1ccc2c(c1)C(C)(Cc1ccccc1)NC2=O.CC1(Cc2ccccc2)NC(=O)c2ccc(OCCN)cc21.CSC.Cl.Cn1cc(S(=O)(=O)Cl)cn1.Cn1cc(S(=O)(=O)NCCOc2ccc3c(c2)C(C)(Cc2ccccc2)NC3)cn1.Cn1cc(S(=O)(=O)NCCOc2ccc3c(c2)C(C)(Cc2ccccc2)NC3=O)cn1.[B]. The summed E-state index contributed by atoms with van der Waals surface area (Å²) in [4.78, 5) is 49.1. The van der Waals surface area contributed by atoms with Crippen molar-refractivity contribution < 1.29 is 68.1 Å². The van der Waals surface area contributed by atoms with Gasteiger partial charge in [-0.1, -0.05) is 127 Å². The Hall–Kier alpha value is -11.0. The van der Waals surface area contributed by atoms with Crippen LogP contribution in [0.5, 0.6) is 23.0 Å². The van der Waals surface area contributed by atoms with Gasteiger partial charge in [0.15, 0.2) is 0 Å². The number of carbonyl (C=O) groups excluding carboxylic acids is 4. The van der Waals surface area contributed by atoms with Crippen molar-refractivity contribution in [2.75, 3.05) is 65.1 Å². The van der Waals surface area contributed by atoms with Gasteiger partial charge in [0.1, 0.15) is 69.7 Å². The molecule has 675 valence electrons. The predicted octanol–water partition coefficient (Wildman–Crippen LogP) is 11.7. The van der Waals surface area contributed by atoms with Gasteiger partial charge in [-0.15, -0.1) is 12.4 Å². The number of hydrogen-bond acceptors (Lipinski definition) is 21. The van der Waals surface area contributed by atoms with E-state index in [4.69, 9.17) is 40.1 Å². The molecule has 0 saturated heterocycles. The van der Waals surface area contributed by atoms with Crippen molar-refractivity contribution in [3.05, 3.63) is 298 Å². The monoisotopic (exact) mass is 1850 g/mol. The number of benzene rings is 8. The first-order valence-electron chi connectivity index (χ1n) is 40.3. The molecule has 36 heteroatoms. The smallest absolute Gasteiger partial charge is 0.407 e. The number of rotatable bonds is 28. The fraction of sp³-hybridized carbons (Fsp3) is 0.330. The number of hydrogen-bond donors (Lipinski definition) is 8. The van der Waals surface area contributed by atoms with Crippen molar-refractivity contribution in [1.82, 2.24) is 65.4 Å². The normalized spacial score (nSPS) is 17.3. The maximum Gasteiger partial charge on any atom is 0.407 e. The number of nitrogens with zero attached hydrogens (tertiary/aromatic N) is 6. The number of amides is 4. The summed E-state index contributed by atoms with van der Waals surface area (Å²) in [5.41, 5.74) is 15.3. The molecule has 4 amide bonds. The first kappa shape index (κ1) is 101. The lowest BCUT2D eigenvalue weighted by molar-refractivity contribution is 0.0519. The fourth-order valence-corrected chi connectivity index (χ4v) is 17.2. The second kappa shape index (κ2) is 45.1. The third kappa shape index (κ3) is 28.5. The molecule has 4 aliphatic heterocycles. The van der Waals surface area contributed by atoms with Crippen LogP contribution in [0.1, 0.15) is 130 Å². The van der Waals surface area contributed by atoms with Crippen LogP contribution in [0, 0.1) is 0 Å². The first-order chi connectivity index (χ1) is 59.3.